The maximum Gasteiger partial charge on any atom is 0.183 e. The van der Waals surface area contributed by atoms with Crippen molar-refractivity contribution in [2.45, 2.75) is 126 Å². The second-order valence-corrected chi connectivity index (χ2v) is 13.8. The number of rotatable bonds is 17. The summed E-state index contributed by atoms with van der Waals surface area (Å²) in [5, 5.41) is 0. The Labute approximate surface area is 205 Å². The summed E-state index contributed by atoms with van der Waals surface area (Å²) < 4.78 is 21.1. The molecule has 0 bridgehead atoms. The third kappa shape index (κ3) is 63.1. The molecule has 0 unspecified atom stereocenters. The minimum absolute atomic E-state index is 0.678. The highest BCUT2D eigenvalue weighted by Gasteiger charge is 2.13. The molecule has 0 rings (SSSR count). The smallest absolute Gasteiger partial charge is 0.183 e. The van der Waals surface area contributed by atoms with Gasteiger partial charge >= 0.3 is 0 Å². The quantitative estimate of drug-likeness (QED) is 0.154. The zero-order valence-electron chi connectivity index (χ0n) is 24.3. The van der Waals surface area contributed by atoms with Crippen LogP contribution in [0.25, 0.3) is 0 Å². The molecule has 32 heavy (non-hydrogen) atoms. The maximum atomic E-state index is 5.63. The largest absolute Gasteiger partial charge is 0.417 e. The number of unbranched alkanes of at least 4 members (excludes halogenated alkanes) is 3. The number of hydrogen-bond acceptors (Lipinski definition) is 4. The van der Waals surface area contributed by atoms with E-state index >= 15 is 0 Å². The highest BCUT2D eigenvalue weighted by Crippen LogP contribution is 2.04. The highest BCUT2D eigenvalue weighted by molar-refractivity contribution is 6.69. The Hall–Kier alpha value is 0.0569. The Morgan fingerprint density at radius 1 is 0.531 bits per heavy atom. The van der Waals surface area contributed by atoms with Gasteiger partial charge in [0.2, 0.25) is 0 Å². The van der Waals surface area contributed by atoms with E-state index in [1.165, 1.54) is 38.5 Å². The van der Waals surface area contributed by atoms with Gasteiger partial charge in [-0.15, -0.1) is 0 Å². The van der Waals surface area contributed by atoms with Crippen LogP contribution in [0, 0.1) is 5.92 Å². The molecule has 0 aliphatic heterocycles. The lowest BCUT2D eigenvalue weighted by Gasteiger charge is -2.18. The van der Waals surface area contributed by atoms with Crippen LogP contribution in [0.3, 0.4) is 0 Å². The van der Waals surface area contributed by atoms with E-state index in [4.69, 9.17) is 18.6 Å². The molecule has 0 aromatic rings. The van der Waals surface area contributed by atoms with Crippen LogP contribution in [0.2, 0.25) is 19.6 Å². The Morgan fingerprint density at radius 3 is 1.12 bits per heavy atom. The Kier molecular flexibility index (Phi) is 43.7. The SMILES string of the molecule is CC(C)CO[Si](C)(C)C.CCCCOCC.CCCCOCCC.CCCCOCCC. The van der Waals surface area contributed by atoms with Crippen LogP contribution in [0.5, 0.6) is 0 Å². The average Bonchev–Trinajstić information content (AvgIpc) is 2.74. The molecule has 0 radical (unpaired) electrons. The molecule has 5 heteroatoms. The van der Waals surface area contributed by atoms with Gasteiger partial charge in [0.25, 0.3) is 0 Å². The lowest BCUT2D eigenvalue weighted by atomic mass is 10.2. The fourth-order valence-electron chi connectivity index (χ4n) is 1.79. The van der Waals surface area contributed by atoms with Gasteiger partial charge in [-0.3, -0.25) is 0 Å². The van der Waals surface area contributed by atoms with Crippen LogP contribution in [-0.4, -0.2) is 54.6 Å². The molecule has 0 aromatic heterocycles. The van der Waals surface area contributed by atoms with Gasteiger partial charge in [0.1, 0.15) is 0 Å². The van der Waals surface area contributed by atoms with Crippen molar-refractivity contribution in [1.82, 2.24) is 0 Å². The molecule has 0 aromatic carbocycles. The molecule has 0 aliphatic rings. The first-order valence-corrected chi connectivity index (χ1v) is 16.9. The minimum Gasteiger partial charge on any atom is -0.417 e. The summed E-state index contributed by atoms with van der Waals surface area (Å²) in [6.07, 6.45) is 9.62. The second-order valence-electron chi connectivity index (χ2n) is 9.30. The van der Waals surface area contributed by atoms with Gasteiger partial charge in [0.15, 0.2) is 8.32 Å². The fraction of sp³-hybridized carbons (Fsp3) is 1.00. The third-order valence-corrected chi connectivity index (χ3v) is 4.71. The molecular weight excluding hydrogens is 416 g/mol. The first-order valence-electron chi connectivity index (χ1n) is 13.5. The zero-order chi connectivity index (χ0) is 25.5. The first kappa shape index (κ1) is 39.3. The van der Waals surface area contributed by atoms with Crippen LogP contribution in [0.15, 0.2) is 0 Å². The fourth-order valence-corrected chi connectivity index (χ4v) is 2.63. The van der Waals surface area contributed by atoms with Crippen molar-refractivity contribution in [2.75, 3.05) is 46.2 Å². The molecule has 0 fully saturated rings. The van der Waals surface area contributed by atoms with E-state index in [-0.39, 0.29) is 0 Å². The van der Waals surface area contributed by atoms with Crippen LogP contribution in [0.1, 0.15) is 107 Å². The summed E-state index contributed by atoms with van der Waals surface area (Å²) >= 11 is 0. The van der Waals surface area contributed by atoms with Gasteiger partial charge in [-0.1, -0.05) is 67.7 Å². The lowest BCUT2D eigenvalue weighted by molar-refractivity contribution is 0.132. The number of ether oxygens (including phenoxy) is 3. The predicted molar refractivity (Wildman–Crippen MR) is 148 cm³/mol. The highest BCUT2D eigenvalue weighted by atomic mass is 28.4. The van der Waals surface area contributed by atoms with Crippen molar-refractivity contribution in [3.8, 4) is 0 Å². The van der Waals surface area contributed by atoms with Gasteiger partial charge in [-0.2, -0.15) is 0 Å². The van der Waals surface area contributed by atoms with E-state index in [1.54, 1.807) is 0 Å². The van der Waals surface area contributed by atoms with Crippen molar-refractivity contribution in [3.63, 3.8) is 0 Å². The number of hydrogen-bond donors (Lipinski definition) is 0. The van der Waals surface area contributed by atoms with E-state index in [0.717, 1.165) is 59.1 Å². The molecule has 0 amide bonds. The van der Waals surface area contributed by atoms with Crippen LogP contribution in [-0.2, 0) is 18.6 Å². The predicted octanol–water partition coefficient (Wildman–Crippen LogP) is 8.74. The molecule has 0 saturated heterocycles. The van der Waals surface area contributed by atoms with E-state index in [2.05, 4.69) is 68.1 Å². The second kappa shape index (κ2) is 35.6. The first-order chi connectivity index (χ1) is 15.2. The molecular formula is C27H64O4Si. The van der Waals surface area contributed by atoms with Crippen molar-refractivity contribution < 1.29 is 18.6 Å². The molecule has 0 saturated carbocycles. The summed E-state index contributed by atoms with van der Waals surface area (Å²) in [6.45, 7) is 30.3. The summed E-state index contributed by atoms with van der Waals surface area (Å²) in [5.74, 6) is 0.678. The Bertz CT molecular complexity index is 253. The van der Waals surface area contributed by atoms with Crippen LogP contribution in [0.4, 0.5) is 0 Å². The topological polar surface area (TPSA) is 36.9 Å². The molecule has 0 N–H and O–H groups in total. The van der Waals surface area contributed by atoms with Crippen molar-refractivity contribution in [2.24, 2.45) is 5.92 Å². The summed E-state index contributed by atoms with van der Waals surface area (Å²) in [7, 11) is -1.22. The molecule has 0 aliphatic carbocycles. The van der Waals surface area contributed by atoms with Gasteiger partial charge in [-0.05, 0) is 64.6 Å². The standard InChI is InChI=1S/C7H18OSi.2C7H16O.C6H14O/c1-7(2)6-8-9(3,4)5;2*1-3-5-7-8-6-4-2;1-3-5-6-7-4-2/h7H,6H2,1-5H3;2*3-7H2,1-2H3;3-6H2,1-2H3. The molecule has 200 valence electrons. The van der Waals surface area contributed by atoms with Crippen molar-refractivity contribution in [1.29, 1.82) is 0 Å². The molecule has 0 spiro atoms. The van der Waals surface area contributed by atoms with E-state index in [1.807, 2.05) is 6.92 Å². The molecule has 4 nitrogen and oxygen atoms in total. The normalized spacial score (nSPS) is 10.5. The Morgan fingerprint density at radius 2 is 0.906 bits per heavy atom. The zero-order valence-corrected chi connectivity index (χ0v) is 25.3. The van der Waals surface area contributed by atoms with E-state index < -0.39 is 8.32 Å². The summed E-state index contributed by atoms with van der Waals surface area (Å²) in [5.41, 5.74) is 0. The van der Waals surface area contributed by atoms with E-state index in [9.17, 15) is 0 Å². The van der Waals surface area contributed by atoms with Crippen molar-refractivity contribution >= 4 is 8.32 Å². The average molecular weight is 481 g/mol. The Balaban J connectivity index is -0.000000164. The van der Waals surface area contributed by atoms with Crippen molar-refractivity contribution in [3.05, 3.63) is 0 Å². The third-order valence-electron chi connectivity index (χ3n) is 3.68. The molecule has 0 atom stereocenters. The summed E-state index contributed by atoms with van der Waals surface area (Å²) in [6, 6.07) is 0. The minimum atomic E-state index is -1.22. The maximum absolute atomic E-state index is 5.63. The monoisotopic (exact) mass is 480 g/mol. The van der Waals surface area contributed by atoms with Gasteiger partial charge in [0, 0.05) is 46.2 Å². The summed E-state index contributed by atoms with van der Waals surface area (Å²) in [4.78, 5) is 0. The van der Waals surface area contributed by atoms with Gasteiger partial charge < -0.3 is 18.6 Å². The van der Waals surface area contributed by atoms with Crippen LogP contribution < -0.4 is 0 Å². The van der Waals surface area contributed by atoms with Crippen LogP contribution >= 0.6 is 0 Å². The van der Waals surface area contributed by atoms with Gasteiger partial charge in [0.05, 0.1) is 0 Å². The lowest BCUT2D eigenvalue weighted by Crippen LogP contribution is -2.27. The molecule has 0 heterocycles. The van der Waals surface area contributed by atoms with Gasteiger partial charge in [-0.25, -0.2) is 0 Å². The van der Waals surface area contributed by atoms with E-state index in [0.29, 0.717) is 5.92 Å².